The highest BCUT2D eigenvalue weighted by Crippen LogP contribution is 2.42. The molecular formula is C24H20N2O5S2. The second-order valence-electron chi connectivity index (χ2n) is 8.34. The third kappa shape index (κ3) is 3.98. The Bertz CT molecular complexity index is 1400. The van der Waals surface area contributed by atoms with E-state index in [9.17, 15) is 18.0 Å². The summed E-state index contributed by atoms with van der Waals surface area (Å²) in [5.41, 5.74) is 4.78. The van der Waals surface area contributed by atoms with Gasteiger partial charge in [0.05, 0.1) is 21.5 Å². The summed E-state index contributed by atoms with van der Waals surface area (Å²) in [5.74, 6) is -0.395. The summed E-state index contributed by atoms with van der Waals surface area (Å²) in [6.45, 7) is 1.75. The molecule has 33 heavy (non-hydrogen) atoms. The van der Waals surface area contributed by atoms with E-state index in [0.717, 1.165) is 0 Å². The highest BCUT2D eigenvalue weighted by atomic mass is 32.2. The van der Waals surface area contributed by atoms with Crippen molar-refractivity contribution in [3.8, 4) is 16.9 Å². The van der Waals surface area contributed by atoms with Gasteiger partial charge in [0.25, 0.3) is 5.91 Å². The van der Waals surface area contributed by atoms with Crippen LogP contribution in [0.1, 0.15) is 46.2 Å². The Morgan fingerprint density at radius 2 is 1.97 bits per heavy atom. The normalized spacial score (nSPS) is 17.8. The van der Waals surface area contributed by atoms with Gasteiger partial charge < -0.3 is 4.74 Å². The van der Waals surface area contributed by atoms with Crippen molar-refractivity contribution >= 4 is 39.1 Å². The van der Waals surface area contributed by atoms with Crippen LogP contribution in [-0.4, -0.2) is 36.4 Å². The number of sulfonamides is 1. The predicted molar refractivity (Wildman–Crippen MR) is 126 cm³/mol. The van der Waals surface area contributed by atoms with Crippen LogP contribution < -0.4 is 9.46 Å². The molecule has 1 amide bonds. The first-order chi connectivity index (χ1) is 15.8. The first-order valence-electron chi connectivity index (χ1n) is 10.3. The van der Waals surface area contributed by atoms with E-state index in [1.165, 1.54) is 11.3 Å². The van der Waals surface area contributed by atoms with Crippen molar-refractivity contribution in [2.75, 3.05) is 6.61 Å². The molecular weight excluding hydrogens is 460 g/mol. The van der Waals surface area contributed by atoms with Crippen LogP contribution in [0.3, 0.4) is 0 Å². The van der Waals surface area contributed by atoms with Gasteiger partial charge in [0.2, 0.25) is 10.0 Å². The van der Waals surface area contributed by atoms with Gasteiger partial charge in [-0.05, 0) is 55.2 Å². The topological polar surface area (TPSA) is 102 Å². The Balaban J connectivity index is 1.45. The van der Waals surface area contributed by atoms with Crippen LogP contribution in [0.5, 0.6) is 5.75 Å². The third-order valence-electron chi connectivity index (χ3n) is 5.99. The number of carbonyl (C=O) groups is 2. The van der Waals surface area contributed by atoms with Gasteiger partial charge in [-0.3, -0.25) is 9.59 Å². The van der Waals surface area contributed by atoms with Gasteiger partial charge in [-0.1, -0.05) is 24.3 Å². The average Bonchev–Trinajstić information content (AvgIpc) is 3.36. The van der Waals surface area contributed by atoms with Crippen LogP contribution >= 0.6 is 11.3 Å². The lowest BCUT2D eigenvalue weighted by Crippen LogP contribution is -2.38. The Labute approximate surface area is 195 Å². The van der Waals surface area contributed by atoms with E-state index in [0.29, 0.717) is 46.5 Å². The monoisotopic (exact) mass is 480 g/mol. The summed E-state index contributed by atoms with van der Waals surface area (Å²) in [6, 6.07) is 11.9. The molecule has 1 fully saturated rings. The number of aromatic nitrogens is 1. The molecule has 5 rings (SSSR count). The van der Waals surface area contributed by atoms with E-state index in [1.807, 2.05) is 5.38 Å². The van der Waals surface area contributed by atoms with Gasteiger partial charge in [0.1, 0.15) is 12.4 Å². The average molecular weight is 481 g/mol. The molecule has 0 spiro atoms. The smallest absolute Gasteiger partial charge is 0.265 e. The summed E-state index contributed by atoms with van der Waals surface area (Å²) in [5, 5.41) is 1.85. The molecule has 9 heteroatoms. The number of nitrogens with zero attached hydrogens (tertiary/aromatic N) is 1. The highest BCUT2D eigenvalue weighted by molar-refractivity contribution is 7.91. The molecule has 0 unspecified atom stereocenters. The number of nitrogens with one attached hydrogen (secondary N) is 1. The fourth-order valence-corrected chi connectivity index (χ4v) is 5.40. The minimum atomic E-state index is -3.76. The first kappa shape index (κ1) is 21.5. The number of ketones is 1. The SMILES string of the molecule is CC1(S(=O)(=O)NC(=O)c2ccccc2-c2ccc3c(c2)OC/C(=C\c2cscn2)C3=O)CC1. The van der Waals surface area contributed by atoms with Crippen LogP contribution in [0.15, 0.2) is 58.9 Å². The lowest BCUT2D eigenvalue weighted by molar-refractivity contribution is 0.0978. The second kappa shape index (κ2) is 7.93. The van der Waals surface area contributed by atoms with Gasteiger partial charge in [-0.15, -0.1) is 11.3 Å². The quantitative estimate of drug-likeness (QED) is 0.552. The number of thiazole rings is 1. The zero-order valence-corrected chi connectivity index (χ0v) is 19.3. The molecule has 0 radical (unpaired) electrons. The first-order valence-corrected chi connectivity index (χ1v) is 12.8. The largest absolute Gasteiger partial charge is 0.488 e. The van der Waals surface area contributed by atoms with Gasteiger partial charge in [0.15, 0.2) is 5.78 Å². The number of ether oxygens (including phenoxy) is 1. The number of fused-ring (bicyclic) bond motifs is 1. The summed E-state index contributed by atoms with van der Waals surface area (Å²) < 4.78 is 32.2. The summed E-state index contributed by atoms with van der Waals surface area (Å²) in [4.78, 5) is 30.0. The van der Waals surface area contributed by atoms with Crippen LogP contribution in [0, 0.1) is 0 Å². The Kier molecular flexibility index (Phi) is 5.18. The fraction of sp³-hybridized carbons (Fsp3) is 0.208. The number of benzene rings is 2. The van der Waals surface area contributed by atoms with E-state index < -0.39 is 20.7 Å². The Morgan fingerprint density at radius 1 is 1.18 bits per heavy atom. The maximum atomic E-state index is 12.9. The Hall–Kier alpha value is -3.30. The molecule has 2 aromatic carbocycles. The maximum Gasteiger partial charge on any atom is 0.265 e. The van der Waals surface area contributed by atoms with Crippen molar-refractivity contribution in [3.05, 3.63) is 75.7 Å². The number of amides is 1. The molecule has 0 bridgehead atoms. The van der Waals surface area contributed by atoms with Crippen molar-refractivity contribution < 1.29 is 22.7 Å². The molecule has 1 saturated carbocycles. The van der Waals surface area contributed by atoms with Crippen LogP contribution in [0.2, 0.25) is 0 Å². The molecule has 1 aliphatic heterocycles. The standard InChI is InChI=1S/C24H20N2O5S2/c1-24(8-9-24)33(29,30)26-23(28)19-5-3-2-4-18(19)15-6-7-20-21(11-15)31-12-16(22(20)27)10-17-13-32-14-25-17/h2-7,10-11,13-14H,8-9,12H2,1H3,(H,26,28)/b16-10+. The Morgan fingerprint density at radius 3 is 2.70 bits per heavy atom. The molecule has 0 atom stereocenters. The minimum Gasteiger partial charge on any atom is -0.488 e. The maximum absolute atomic E-state index is 12.9. The predicted octanol–water partition coefficient (Wildman–Crippen LogP) is 4.08. The highest BCUT2D eigenvalue weighted by Gasteiger charge is 2.51. The van der Waals surface area contributed by atoms with Gasteiger partial charge in [-0.2, -0.15) is 0 Å². The number of carbonyl (C=O) groups excluding carboxylic acids is 2. The lowest BCUT2D eigenvalue weighted by Gasteiger charge is -2.20. The molecule has 1 aliphatic carbocycles. The molecule has 2 heterocycles. The van der Waals surface area contributed by atoms with Gasteiger partial charge in [-0.25, -0.2) is 18.1 Å². The summed E-state index contributed by atoms with van der Waals surface area (Å²) >= 11 is 1.45. The minimum absolute atomic E-state index is 0.117. The fourth-order valence-electron chi connectivity index (χ4n) is 3.65. The van der Waals surface area contributed by atoms with E-state index in [2.05, 4.69) is 9.71 Å². The van der Waals surface area contributed by atoms with Crippen molar-refractivity contribution in [1.82, 2.24) is 9.71 Å². The van der Waals surface area contributed by atoms with E-state index in [-0.39, 0.29) is 18.0 Å². The lowest BCUT2D eigenvalue weighted by atomic mass is 9.94. The zero-order valence-electron chi connectivity index (χ0n) is 17.7. The van der Waals surface area contributed by atoms with E-state index in [1.54, 1.807) is 61.0 Å². The second-order valence-corrected chi connectivity index (χ2v) is 11.3. The van der Waals surface area contributed by atoms with Crippen LogP contribution in [-0.2, 0) is 10.0 Å². The van der Waals surface area contributed by atoms with Crippen LogP contribution in [0.25, 0.3) is 17.2 Å². The number of hydrogen-bond acceptors (Lipinski definition) is 7. The molecule has 0 saturated heterocycles. The van der Waals surface area contributed by atoms with Gasteiger partial charge >= 0.3 is 0 Å². The number of Topliss-reactive ketones (excluding diaryl/α,β-unsaturated/α-hetero) is 1. The van der Waals surface area contributed by atoms with Crippen molar-refractivity contribution in [2.24, 2.45) is 0 Å². The number of rotatable bonds is 5. The molecule has 2 aliphatic rings. The number of hydrogen-bond donors (Lipinski definition) is 1. The van der Waals surface area contributed by atoms with Crippen molar-refractivity contribution in [2.45, 2.75) is 24.5 Å². The molecule has 1 N–H and O–H groups in total. The molecule has 7 nitrogen and oxygen atoms in total. The van der Waals surface area contributed by atoms with Gasteiger partial charge in [0, 0.05) is 16.5 Å². The molecule has 168 valence electrons. The van der Waals surface area contributed by atoms with E-state index >= 15 is 0 Å². The molecule has 3 aromatic rings. The summed E-state index contributed by atoms with van der Waals surface area (Å²) in [6.07, 6.45) is 2.79. The van der Waals surface area contributed by atoms with Crippen LogP contribution in [0.4, 0.5) is 0 Å². The van der Waals surface area contributed by atoms with Crippen molar-refractivity contribution in [1.29, 1.82) is 0 Å². The van der Waals surface area contributed by atoms with Crippen molar-refractivity contribution in [3.63, 3.8) is 0 Å². The molecule has 1 aromatic heterocycles. The summed E-state index contributed by atoms with van der Waals surface area (Å²) in [7, 11) is -3.76. The third-order valence-corrected chi connectivity index (χ3v) is 8.75. The zero-order chi connectivity index (χ0) is 23.2. The van der Waals surface area contributed by atoms with E-state index in [4.69, 9.17) is 4.74 Å².